The van der Waals surface area contributed by atoms with Gasteiger partial charge in [0.25, 0.3) is 11.6 Å². The number of hydrogen-bond donors (Lipinski definition) is 1. The maximum atomic E-state index is 12.4. The fourth-order valence-electron chi connectivity index (χ4n) is 4.11. The normalized spacial score (nSPS) is 22.4. The van der Waals surface area contributed by atoms with E-state index in [1.165, 1.54) is 49.9 Å². The van der Waals surface area contributed by atoms with Crippen molar-refractivity contribution in [2.45, 2.75) is 38.5 Å². The van der Waals surface area contributed by atoms with Gasteiger partial charge >= 0.3 is 0 Å². The van der Waals surface area contributed by atoms with Crippen molar-refractivity contribution in [3.8, 4) is 0 Å². The summed E-state index contributed by atoms with van der Waals surface area (Å²) in [5.74, 6) is 1.21. The Balaban J connectivity index is 1.43. The number of nitrogens with one attached hydrogen (secondary N) is 1. The summed E-state index contributed by atoms with van der Waals surface area (Å²) >= 11 is 0. The van der Waals surface area contributed by atoms with Crippen LogP contribution in [0.5, 0.6) is 0 Å². The highest BCUT2D eigenvalue weighted by atomic mass is 16.6. The lowest BCUT2D eigenvalue weighted by molar-refractivity contribution is -0.384. The van der Waals surface area contributed by atoms with E-state index < -0.39 is 4.92 Å². The molecule has 26 heavy (non-hydrogen) atoms. The lowest BCUT2D eigenvalue weighted by atomic mass is 9.75. The van der Waals surface area contributed by atoms with Crippen LogP contribution < -0.4 is 5.32 Å². The van der Waals surface area contributed by atoms with Gasteiger partial charge in [0.2, 0.25) is 5.91 Å². The Morgan fingerprint density at radius 3 is 2.50 bits per heavy atom. The molecular formula is C19H25N3O4. The van der Waals surface area contributed by atoms with Crippen molar-refractivity contribution in [2.75, 3.05) is 19.6 Å². The highest BCUT2D eigenvalue weighted by molar-refractivity contribution is 5.94. The Morgan fingerprint density at radius 2 is 1.81 bits per heavy atom. The fraction of sp³-hybridized carbons (Fsp3) is 0.579. The van der Waals surface area contributed by atoms with Crippen molar-refractivity contribution in [3.05, 3.63) is 39.9 Å². The molecule has 2 atom stereocenters. The Morgan fingerprint density at radius 1 is 1.12 bits per heavy atom. The van der Waals surface area contributed by atoms with Gasteiger partial charge in [0.15, 0.2) is 0 Å². The number of piperidine rings is 1. The van der Waals surface area contributed by atoms with Crippen molar-refractivity contribution in [1.29, 1.82) is 0 Å². The van der Waals surface area contributed by atoms with Crippen LogP contribution in [0, 0.1) is 22.0 Å². The van der Waals surface area contributed by atoms with Crippen LogP contribution in [0.15, 0.2) is 24.3 Å². The van der Waals surface area contributed by atoms with Crippen LogP contribution in [0.1, 0.15) is 48.9 Å². The van der Waals surface area contributed by atoms with Crippen molar-refractivity contribution in [3.63, 3.8) is 0 Å². The van der Waals surface area contributed by atoms with Gasteiger partial charge in [-0.3, -0.25) is 19.7 Å². The molecule has 1 aliphatic heterocycles. The van der Waals surface area contributed by atoms with Gasteiger partial charge in [-0.1, -0.05) is 19.3 Å². The molecule has 0 radical (unpaired) electrons. The summed E-state index contributed by atoms with van der Waals surface area (Å²) in [6.45, 7) is 1.97. The van der Waals surface area contributed by atoms with E-state index in [9.17, 15) is 19.7 Å². The number of carbonyl (C=O) groups excluding carboxylic acids is 2. The molecule has 2 fully saturated rings. The minimum absolute atomic E-state index is 0.0529. The molecule has 1 saturated carbocycles. The summed E-state index contributed by atoms with van der Waals surface area (Å²) in [6.07, 6.45) is 6.52. The Labute approximate surface area is 152 Å². The summed E-state index contributed by atoms with van der Waals surface area (Å²) in [4.78, 5) is 36.6. The van der Waals surface area contributed by atoms with E-state index in [4.69, 9.17) is 0 Å². The third-order valence-electron chi connectivity index (χ3n) is 5.61. The molecule has 0 bridgehead atoms. The third kappa shape index (κ3) is 4.39. The molecule has 1 aliphatic carbocycles. The number of rotatable bonds is 5. The largest absolute Gasteiger partial charge is 0.352 e. The zero-order valence-electron chi connectivity index (χ0n) is 14.9. The fourth-order valence-corrected chi connectivity index (χ4v) is 4.11. The average Bonchev–Trinajstić information content (AvgIpc) is 2.67. The lowest BCUT2D eigenvalue weighted by Crippen LogP contribution is -2.45. The molecule has 0 spiro atoms. The second kappa shape index (κ2) is 8.29. The first kappa shape index (κ1) is 18.4. The number of nitrogens with zero attached hydrogens (tertiary/aromatic N) is 2. The molecule has 2 amide bonds. The number of amides is 2. The molecule has 2 aliphatic rings. The molecule has 1 saturated heterocycles. The molecule has 3 rings (SSSR count). The predicted molar refractivity (Wildman–Crippen MR) is 96.7 cm³/mol. The van der Waals surface area contributed by atoms with Crippen molar-refractivity contribution >= 4 is 17.5 Å². The number of fused-ring (bicyclic) bond motifs is 1. The van der Waals surface area contributed by atoms with Crippen LogP contribution in [0.25, 0.3) is 0 Å². The number of hydrogen-bond acceptors (Lipinski definition) is 4. The summed E-state index contributed by atoms with van der Waals surface area (Å²) < 4.78 is 0. The Kier molecular flexibility index (Phi) is 5.85. The van der Waals surface area contributed by atoms with Crippen molar-refractivity contribution in [2.24, 2.45) is 11.8 Å². The average molecular weight is 359 g/mol. The van der Waals surface area contributed by atoms with Crippen LogP contribution in [0.2, 0.25) is 0 Å². The quantitative estimate of drug-likeness (QED) is 0.646. The van der Waals surface area contributed by atoms with E-state index in [0.29, 0.717) is 11.5 Å². The second-order valence-electron chi connectivity index (χ2n) is 7.24. The lowest BCUT2D eigenvalue weighted by Gasteiger charge is -2.41. The molecule has 1 N–H and O–H groups in total. The monoisotopic (exact) mass is 359 g/mol. The highest BCUT2D eigenvalue weighted by Gasteiger charge is 2.32. The van der Waals surface area contributed by atoms with E-state index >= 15 is 0 Å². The van der Waals surface area contributed by atoms with Crippen LogP contribution in [0.3, 0.4) is 0 Å². The highest BCUT2D eigenvalue weighted by Crippen LogP contribution is 2.36. The molecule has 1 heterocycles. The van der Waals surface area contributed by atoms with Crippen LogP contribution >= 0.6 is 0 Å². The van der Waals surface area contributed by atoms with Crippen LogP contribution in [-0.4, -0.2) is 41.3 Å². The summed E-state index contributed by atoms with van der Waals surface area (Å²) in [6, 6.07) is 5.44. The summed E-state index contributed by atoms with van der Waals surface area (Å²) in [5.41, 5.74) is 0.300. The van der Waals surface area contributed by atoms with Crippen LogP contribution in [-0.2, 0) is 4.79 Å². The first-order chi connectivity index (χ1) is 12.5. The predicted octanol–water partition coefficient (Wildman–Crippen LogP) is 2.75. The molecule has 0 unspecified atom stereocenters. The van der Waals surface area contributed by atoms with Gasteiger partial charge in [0.1, 0.15) is 0 Å². The second-order valence-corrected chi connectivity index (χ2v) is 7.24. The Bertz CT molecular complexity index is 674. The van der Waals surface area contributed by atoms with Gasteiger partial charge in [0.05, 0.1) is 4.92 Å². The zero-order valence-corrected chi connectivity index (χ0v) is 14.9. The van der Waals surface area contributed by atoms with Gasteiger partial charge < -0.3 is 10.2 Å². The molecule has 140 valence electrons. The SMILES string of the molecule is O=C(NCCC(=O)N1CC[C@@H]2CCCC[C@@H]2C1)c1ccc([N+](=O)[O-])cc1. The number of nitro benzene ring substituents is 1. The van der Waals surface area contributed by atoms with Crippen LogP contribution in [0.4, 0.5) is 5.69 Å². The molecular weight excluding hydrogens is 334 g/mol. The van der Waals surface area contributed by atoms with Gasteiger partial charge in [-0.2, -0.15) is 0 Å². The van der Waals surface area contributed by atoms with E-state index in [1.807, 2.05) is 4.90 Å². The van der Waals surface area contributed by atoms with Gasteiger partial charge in [-0.15, -0.1) is 0 Å². The van der Waals surface area contributed by atoms with E-state index in [2.05, 4.69) is 5.32 Å². The molecule has 7 nitrogen and oxygen atoms in total. The molecule has 7 heteroatoms. The molecule has 1 aromatic rings. The van der Waals surface area contributed by atoms with E-state index in [0.717, 1.165) is 25.4 Å². The maximum absolute atomic E-state index is 12.4. The summed E-state index contributed by atoms with van der Waals surface area (Å²) in [5, 5.41) is 13.3. The van der Waals surface area contributed by atoms with E-state index in [1.54, 1.807) is 0 Å². The Hall–Kier alpha value is -2.44. The zero-order chi connectivity index (χ0) is 18.5. The smallest absolute Gasteiger partial charge is 0.269 e. The number of nitro groups is 1. The first-order valence-electron chi connectivity index (χ1n) is 9.35. The number of likely N-dealkylation sites (tertiary alicyclic amines) is 1. The minimum Gasteiger partial charge on any atom is -0.352 e. The van der Waals surface area contributed by atoms with Gasteiger partial charge in [0, 0.05) is 43.8 Å². The number of benzene rings is 1. The van der Waals surface area contributed by atoms with E-state index in [-0.39, 0.29) is 30.5 Å². The van der Waals surface area contributed by atoms with Crippen molar-refractivity contribution < 1.29 is 14.5 Å². The van der Waals surface area contributed by atoms with Gasteiger partial charge in [-0.05, 0) is 36.8 Å². The minimum atomic E-state index is -0.504. The first-order valence-corrected chi connectivity index (χ1v) is 9.35. The standard InChI is InChI=1S/C19H25N3O4/c23-18(21-12-10-14-3-1-2-4-16(14)13-21)9-11-20-19(24)15-5-7-17(8-6-15)22(25)26/h5-8,14,16H,1-4,9-13H2,(H,20,24)/t14-,16+/m0/s1. The summed E-state index contributed by atoms with van der Waals surface area (Å²) in [7, 11) is 0. The molecule has 0 aromatic heterocycles. The number of carbonyl (C=O) groups is 2. The van der Waals surface area contributed by atoms with Gasteiger partial charge in [-0.25, -0.2) is 0 Å². The topological polar surface area (TPSA) is 92.6 Å². The maximum Gasteiger partial charge on any atom is 0.269 e. The molecule has 1 aromatic carbocycles. The number of non-ortho nitro benzene ring substituents is 1. The van der Waals surface area contributed by atoms with Crippen molar-refractivity contribution in [1.82, 2.24) is 10.2 Å². The third-order valence-corrected chi connectivity index (χ3v) is 5.61.